The second kappa shape index (κ2) is 6.90. The maximum Gasteiger partial charge on any atom is 0.148 e. The first-order valence-electron chi connectivity index (χ1n) is 6.49. The summed E-state index contributed by atoms with van der Waals surface area (Å²) in [5.41, 5.74) is 3.52. The summed E-state index contributed by atoms with van der Waals surface area (Å²) in [6.07, 6.45) is 2.24. The predicted molar refractivity (Wildman–Crippen MR) is 76.7 cm³/mol. The first-order valence-corrected chi connectivity index (χ1v) is 6.49. The summed E-state index contributed by atoms with van der Waals surface area (Å²) in [6.45, 7) is 6.01. The third-order valence-electron chi connectivity index (χ3n) is 3.16. The highest BCUT2D eigenvalue weighted by Gasteiger charge is 2.17. The molecule has 0 bridgehead atoms. The van der Waals surface area contributed by atoms with Crippen LogP contribution >= 0.6 is 0 Å². The van der Waals surface area contributed by atoms with Crippen LogP contribution in [0.2, 0.25) is 0 Å². The van der Waals surface area contributed by atoms with Crippen LogP contribution < -0.4 is 16.2 Å². The summed E-state index contributed by atoms with van der Waals surface area (Å²) >= 11 is 0. The van der Waals surface area contributed by atoms with Gasteiger partial charge in [0.25, 0.3) is 0 Å². The summed E-state index contributed by atoms with van der Waals surface area (Å²) in [5.74, 6) is 7.75. The Balaban J connectivity index is 3.17. The molecule has 1 unspecified atom stereocenters. The van der Waals surface area contributed by atoms with E-state index in [0.717, 1.165) is 30.0 Å². The molecule has 0 amide bonds. The zero-order chi connectivity index (χ0) is 14.4. The highest BCUT2D eigenvalue weighted by molar-refractivity contribution is 5.58. The van der Waals surface area contributed by atoms with Crippen molar-refractivity contribution in [3.8, 4) is 6.07 Å². The second-order valence-corrected chi connectivity index (χ2v) is 4.65. The summed E-state index contributed by atoms with van der Waals surface area (Å²) in [4.78, 5) is 11.0. The van der Waals surface area contributed by atoms with E-state index < -0.39 is 0 Å². The van der Waals surface area contributed by atoms with Gasteiger partial charge in [0.05, 0.1) is 12.5 Å². The molecular weight excluding hydrogens is 240 g/mol. The number of nitrogens with one attached hydrogen (secondary N) is 1. The van der Waals surface area contributed by atoms with Crippen LogP contribution in [-0.2, 0) is 6.42 Å². The van der Waals surface area contributed by atoms with Crippen molar-refractivity contribution in [2.45, 2.75) is 46.1 Å². The Morgan fingerprint density at radius 2 is 2.16 bits per heavy atom. The van der Waals surface area contributed by atoms with E-state index >= 15 is 0 Å². The molecule has 0 saturated carbocycles. The molecule has 1 heterocycles. The van der Waals surface area contributed by atoms with Crippen molar-refractivity contribution in [3.05, 3.63) is 11.4 Å². The number of anilines is 2. The van der Waals surface area contributed by atoms with E-state index in [4.69, 9.17) is 11.1 Å². The topological polar surface area (TPSA) is 90.9 Å². The molecule has 0 aliphatic heterocycles. The van der Waals surface area contributed by atoms with E-state index in [1.807, 2.05) is 25.8 Å². The number of aryl methyl sites for hydroxylation is 1. The molecule has 1 rings (SSSR count). The minimum atomic E-state index is 0.0960. The largest absolute Gasteiger partial charge is 0.356 e. The lowest BCUT2D eigenvalue weighted by atomic mass is 10.2. The van der Waals surface area contributed by atoms with Gasteiger partial charge in [-0.15, -0.1) is 0 Å². The van der Waals surface area contributed by atoms with Crippen LogP contribution in [0.1, 0.15) is 38.1 Å². The van der Waals surface area contributed by atoms with Crippen LogP contribution in [0.5, 0.6) is 0 Å². The number of nitriles is 1. The quantitative estimate of drug-likeness (QED) is 0.599. The summed E-state index contributed by atoms with van der Waals surface area (Å²) in [6, 6.07) is 2.28. The maximum atomic E-state index is 8.80. The lowest BCUT2D eigenvalue weighted by Gasteiger charge is -2.26. The Kier molecular flexibility index (Phi) is 5.52. The molecule has 104 valence electrons. The van der Waals surface area contributed by atoms with Gasteiger partial charge in [-0.05, 0) is 20.3 Å². The number of nitrogen functional groups attached to an aromatic ring is 1. The van der Waals surface area contributed by atoms with Gasteiger partial charge in [0.15, 0.2) is 0 Å². The number of nitrogens with zero attached hydrogens (tertiary/aromatic N) is 4. The smallest absolute Gasteiger partial charge is 0.148 e. The maximum absolute atomic E-state index is 8.80. The Bertz CT molecular complexity index is 465. The Morgan fingerprint density at radius 3 is 2.68 bits per heavy atom. The molecule has 6 nitrogen and oxygen atoms in total. The second-order valence-electron chi connectivity index (χ2n) is 4.65. The molecule has 1 atom stereocenters. The van der Waals surface area contributed by atoms with Crippen LogP contribution in [-0.4, -0.2) is 23.1 Å². The van der Waals surface area contributed by atoms with E-state index in [-0.39, 0.29) is 6.04 Å². The van der Waals surface area contributed by atoms with Crippen molar-refractivity contribution in [1.82, 2.24) is 9.97 Å². The van der Waals surface area contributed by atoms with Crippen molar-refractivity contribution in [1.29, 1.82) is 5.26 Å². The highest BCUT2D eigenvalue weighted by atomic mass is 15.3. The Labute approximate surface area is 114 Å². The van der Waals surface area contributed by atoms with Crippen molar-refractivity contribution >= 4 is 11.6 Å². The lowest BCUT2D eigenvalue weighted by Crippen LogP contribution is -2.31. The number of aromatic nitrogens is 2. The Morgan fingerprint density at radius 1 is 1.47 bits per heavy atom. The number of hydrogen-bond donors (Lipinski definition) is 2. The van der Waals surface area contributed by atoms with E-state index in [0.29, 0.717) is 12.2 Å². The molecule has 0 aromatic carbocycles. The average Bonchev–Trinajstić information content (AvgIpc) is 2.40. The molecule has 1 aromatic heterocycles. The van der Waals surface area contributed by atoms with E-state index in [2.05, 4.69) is 28.4 Å². The van der Waals surface area contributed by atoms with Crippen molar-refractivity contribution in [3.63, 3.8) is 0 Å². The summed E-state index contributed by atoms with van der Waals surface area (Å²) in [5, 5.41) is 8.80. The fourth-order valence-corrected chi connectivity index (χ4v) is 1.85. The van der Waals surface area contributed by atoms with E-state index in [9.17, 15) is 0 Å². The average molecular weight is 262 g/mol. The van der Waals surface area contributed by atoms with Gasteiger partial charge in [0.1, 0.15) is 17.5 Å². The van der Waals surface area contributed by atoms with Crippen LogP contribution in [0.15, 0.2) is 0 Å². The van der Waals surface area contributed by atoms with Crippen LogP contribution in [0.25, 0.3) is 0 Å². The monoisotopic (exact) mass is 262 g/mol. The third-order valence-corrected chi connectivity index (χ3v) is 3.16. The molecular formula is C13H22N6. The van der Waals surface area contributed by atoms with Gasteiger partial charge in [0.2, 0.25) is 0 Å². The van der Waals surface area contributed by atoms with Crippen LogP contribution in [0, 0.1) is 18.3 Å². The van der Waals surface area contributed by atoms with Gasteiger partial charge in [0, 0.05) is 25.1 Å². The molecule has 1 aromatic rings. The molecule has 0 aliphatic carbocycles. The van der Waals surface area contributed by atoms with Gasteiger partial charge in [-0.1, -0.05) is 6.92 Å². The number of rotatable bonds is 6. The molecule has 0 fully saturated rings. The zero-order valence-corrected chi connectivity index (χ0v) is 12.1. The number of hydrazine groups is 1. The number of nitrogens with two attached hydrogens (primary N) is 1. The van der Waals surface area contributed by atoms with Crippen molar-refractivity contribution < 1.29 is 0 Å². The fourth-order valence-electron chi connectivity index (χ4n) is 1.85. The zero-order valence-electron chi connectivity index (χ0n) is 12.1. The van der Waals surface area contributed by atoms with Gasteiger partial charge < -0.3 is 10.3 Å². The van der Waals surface area contributed by atoms with Gasteiger partial charge in [-0.2, -0.15) is 5.26 Å². The van der Waals surface area contributed by atoms with E-state index in [1.54, 1.807) is 0 Å². The molecule has 0 aliphatic rings. The molecule has 19 heavy (non-hydrogen) atoms. The molecule has 0 saturated heterocycles. The minimum absolute atomic E-state index is 0.0960. The first-order chi connectivity index (χ1) is 9.04. The number of hydrogen-bond acceptors (Lipinski definition) is 6. The minimum Gasteiger partial charge on any atom is -0.356 e. The highest BCUT2D eigenvalue weighted by Crippen LogP contribution is 2.24. The normalized spacial score (nSPS) is 11.8. The van der Waals surface area contributed by atoms with Crippen LogP contribution in [0.4, 0.5) is 11.6 Å². The summed E-state index contributed by atoms with van der Waals surface area (Å²) in [7, 11) is 1.94. The molecule has 3 N–H and O–H groups in total. The van der Waals surface area contributed by atoms with E-state index in [1.165, 1.54) is 0 Å². The SMILES string of the molecule is CCCc1nc(NN)c(C)c(N(C)C(C)CC#N)n1. The van der Waals surface area contributed by atoms with Crippen LogP contribution in [0.3, 0.4) is 0 Å². The third kappa shape index (κ3) is 3.55. The molecule has 0 radical (unpaired) electrons. The lowest BCUT2D eigenvalue weighted by molar-refractivity contribution is 0.685. The standard InChI is InChI=1S/C13H22N6/c1-5-6-11-16-12(18-15)10(3)13(17-11)19(4)9(2)7-8-14/h9H,5-7,15H2,1-4H3,(H,16,17,18). The predicted octanol–water partition coefficient (Wildman–Crippen LogP) is 1.76. The molecule has 0 spiro atoms. The Hall–Kier alpha value is -1.87. The van der Waals surface area contributed by atoms with Gasteiger partial charge in [-0.25, -0.2) is 15.8 Å². The summed E-state index contributed by atoms with van der Waals surface area (Å²) < 4.78 is 0. The van der Waals surface area contributed by atoms with Gasteiger partial charge in [-0.3, -0.25) is 0 Å². The fraction of sp³-hybridized carbons (Fsp3) is 0.615. The van der Waals surface area contributed by atoms with Crippen molar-refractivity contribution in [2.24, 2.45) is 5.84 Å². The van der Waals surface area contributed by atoms with Crippen molar-refractivity contribution in [2.75, 3.05) is 17.4 Å². The van der Waals surface area contributed by atoms with Gasteiger partial charge >= 0.3 is 0 Å². The first kappa shape index (κ1) is 15.2. The molecule has 6 heteroatoms.